The second-order valence-corrected chi connectivity index (χ2v) is 3.95. The smallest absolute Gasteiger partial charge is 0.178 e. The van der Waals surface area contributed by atoms with Crippen LogP contribution in [0.4, 0.5) is 20.4 Å². The van der Waals surface area contributed by atoms with Crippen molar-refractivity contribution in [1.82, 2.24) is 4.98 Å². The second-order valence-electron chi connectivity index (χ2n) is 3.95. The molecule has 1 aromatic rings. The van der Waals surface area contributed by atoms with Gasteiger partial charge in [0.2, 0.25) is 0 Å². The fraction of sp³-hybridized carbons (Fsp3) is 0.500. The topological polar surface area (TPSA) is 63.0 Å². The molecule has 1 aliphatic carbocycles. The Morgan fingerprint density at radius 3 is 2.62 bits per heavy atom. The molecule has 1 heterocycles. The number of anilines is 2. The van der Waals surface area contributed by atoms with E-state index in [1.807, 2.05) is 0 Å². The van der Waals surface area contributed by atoms with Crippen LogP contribution in [0.2, 0.25) is 0 Å². The Balaban J connectivity index is 2.00. The predicted molar refractivity (Wildman–Crippen MR) is 57.8 cm³/mol. The average Bonchev–Trinajstić information content (AvgIpc) is 3.05. The van der Waals surface area contributed by atoms with Crippen LogP contribution in [0.1, 0.15) is 19.3 Å². The van der Waals surface area contributed by atoms with Crippen LogP contribution in [-0.2, 0) is 0 Å². The Hall–Kier alpha value is -1.43. The molecule has 0 radical (unpaired) electrons. The molecule has 0 atom stereocenters. The lowest BCUT2D eigenvalue weighted by Gasteiger charge is -2.08. The first-order chi connectivity index (χ1) is 7.70. The summed E-state index contributed by atoms with van der Waals surface area (Å²) in [7, 11) is 0. The van der Waals surface area contributed by atoms with Crippen molar-refractivity contribution in [2.75, 3.05) is 17.3 Å². The van der Waals surface area contributed by atoms with E-state index in [0.29, 0.717) is 6.54 Å². The van der Waals surface area contributed by atoms with Gasteiger partial charge in [0.1, 0.15) is 0 Å². The molecule has 0 amide bonds. The summed E-state index contributed by atoms with van der Waals surface area (Å²) in [5.74, 6) is 4.19. The Kier molecular flexibility index (Phi) is 3.19. The van der Waals surface area contributed by atoms with E-state index in [2.05, 4.69) is 15.7 Å². The first-order valence-corrected chi connectivity index (χ1v) is 5.27. The van der Waals surface area contributed by atoms with Gasteiger partial charge < -0.3 is 10.7 Å². The van der Waals surface area contributed by atoms with Crippen LogP contribution < -0.4 is 16.6 Å². The monoisotopic (exact) mass is 228 g/mol. The first-order valence-electron chi connectivity index (χ1n) is 5.27. The third kappa shape index (κ3) is 2.57. The van der Waals surface area contributed by atoms with Crippen molar-refractivity contribution in [3.05, 3.63) is 17.7 Å². The molecule has 1 saturated carbocycles. The molecule has 1 aromatic heterocycles. The molecular weight excluding hydrogens is 214 g/mol. The number of rotatable bonds is 5. The van der Waals surface area contributed by atoms with Gasteiger partial charge in [-0.1, -0.05) is 12.8 Å². The minimum Gasteiger partial charge on any atom is -0.368 e. The number of nitrogens with zero attached hydrogens (tertiary/aromatic N) is 1. The number of nitrogens with two attached hydrogens (primary N) is 1. The summed E-state index contributed by atoms with van der Waals surface area (Å²) in [5.41, 5.74) is 2.08. The van der Waals surface area contributed by atoms with Crippen LogP contribution in [-0.4, -0.2) is 11.5 Å². The molecule has 4 N–H and O–H groups in total. The molecule has 0 unspecified atom stereocenters. The Morgan fingerprint density at radius 2 is 2.00 bits per heavy atom. The number of halogens is 2. The molecule has 0 bridgehead atoms. The van der Waals surface area contributed by atoms with E-state index in [9.17, 15) is 8.78 Å². The predicted octanol–water partition coefficient (Wildman–Crippen LogP) is 1.86. The largest absolute Gasteiger partial charge is 0.368 e. The molecule has 0 saturated heterocycles. The Bertz CT molecular complexity index is 379. The van der Waals surface area contributed by atoms with Crippen LogP contribution in [0.5, 0.6) is 0 Å². The average molecular weight is 228 g/mol. The van der Waals surface area contributed by atoms with E-state index >= 15 is 0 Å². The second kappa shape index (κ2) is 4.61. The van der Waals surface area contributed by atoms with Crippen molar-refractivity contribution in [3.8, 4) is 0 Å². The third-order valence-electron chi connectivity index (χ3n) is 2.61. The zero-order valence-electron chi connectivity index (χ0n) is 8.76. The van der Waals surface area contributed by atoms with E-state index in [1.165, 1.54) is 12.8 Å². The van der Waals surface area contributed by atoms with Gasteiger partial charge in [-0.2, -0.15) is 0 Å². The molecule has 1 aliphatic rings. The summed E-state index contributed by atoms with van der Waals surface area (Å²) >= 11 is 0. The highest BCUT2D eigenvalue weighted by Crippen LogP contribution is 2.32. The van der Waals surface area contributed by atoms with Crippen LogP contribution in [0, 0.1) is 17.6 Å². The van der Waals surface area contributed by atoms with Crippen molar-refractivity contribution in [2.45, 2.75) is 19.3 Å². The summed E-state index contributed by atoms with van der Waals surface area (Å²) in [6, 6.07) is 0.766. The van der Waals surface area contributed by atoms with Crippen molar-refractivity contribution in [1.29, 1.82) is 0 Å². The molecule has 2 rings (SSSR count). The van der Waals surface area contributed by atoms with Crippen molar-refractivity contribution in [2.24, 2.45) is 11.8 Å². The fourth-order valence-corrected chi connectivity index (χ4v) is 1.49. The normalized spacial score (nSPS) is 14.9. The van der Waals surface area contributed by atoms with Gasteiger partial charge in [-0.05, 0) is 12.3 Å². The van der Waals surface area contributed by atoms with Gasteiger partial charge in [0.15, 0.2) is 23.3 Å². The van der Waals surface area contributed by atoms with Crippen LogP contribution in [0.25, 0.3) is 0 Å². The van der Waals surface area contributed by atoms with Crippen LogP contribution in [0.3, 0.4) is 0 Å². The Labute approximate surface area is 92.2 Å². The number of hydrogen-bond donors (Lipinski definition) is 3. The molecule has 0 spiro atoms. The van der Waals surface area contributed by atoms with Gasteiger partial charge in [0.25, 0.3) is 0 Å². The zero-order chi connectivity index (χ0) is 11.5. The molecule has 1 fully saturated rings. The van der Waals surface area contributed by atoms with Gasteiger partial charge in [-0.15, -0.1) is 0 Å². The van der Waals surface area contributed by atoms with Gasteiger partial charge in [0.05, 0.1) is 0 Å². The standard InChI is InChI=1S/C10H14F2N4/c11-7-5-8(12)10(16-13)15-9(7)14-4-3-6-1-2-6/h5-6H,1-4,13H2,(H2,14,15,16). The number of pyridine rings is 1. The number of hydrazine groups is 1. The molecule has 0 aromatic carbocycles. The number of aromatic nitrogens is 1. The lowest BCUT2D eigenvalue weighted by Crippen LogP contribution is -2.13. The number of hydrogen-bond acceptors (Lipinski definition) is 4. The maximum atomic E-state index is 13.3. The zero-order valence-corrected chi connectivity index (χ0v) is 8.76. The van der Waals surface area contributed by atoms with E-state index in [0.717, 1.165) is 18.4 Å². The minimum atomic E-state index is -0.798. The lowest BCUT2D eigenvalue weighted by atomic mass is 10.3. The van der Waals surface area contributed by atoms with E-state index in [4.69, 9.17) is 5.84 Å². The molecular formula is C10H14F2N4. The summed E-state index contributed by atoms with van der Waals surface area (Å²) < 4.78 is 26.3. The summed E-state index contributed by atoms with van der Waals surface area (Å²) in [6.07, 6.45) is 3.48. The molecule has 0 aliphatic heterocycles. The first kappa shape index (κ1) is 11.1. The Morgan fingerprint density at radius 1 is 1.31 bits per heavy atom. The van der Waals surface area contributed by atoms with Crippen molar-refractivity contribution >= 4 is 11.6 Å². The van der Waals surface area contributed by atoms with E-state index in [1.54, 1.807) is 0 Å². The van der Waals surface area contributed by atoms with Crippen LogP contribution in [0.15, 0.2) is 6.07 Å². The van der Waals surface area contributed by atoms with Crippen molar-refractivity contribution in [3.63, 3.8) is 0 Å². The van der Waals surface area contributed by atoms with Gasteiger partial charge in [-0.3, -0.25) is 0 Å². The van der Waals surface area contributed by atoms with Gasteiger partial charge >= 0.3 is 0 Å². The van der Waals surface area contributed by atoms with Gasteiger partial charge in [0, 0.05) is 12.6 Å². The fourth-order valence-electron chi connectivity index (χ4n) is 1.49. The lowest BCUT2D eigenvalue weighted by molar-refractivity contribution is 0.577. The van der Waals surface area contributed by atoms with Gasteiger partial charge in [-0.25, -0.2) is 19.6 Å². The highest BCUT2D eigenvalue weighted by molar-refractivity contribution is 5.46. The third-order valence-corrected chi connectivity index (χ3v) is 2.61. The van der Waals surface area contributed by atoms with E-state index in [-0.39, 0.29) is 11.6 Å². The molecule has 4 nitrogen and oxygen atoms in total. The maximum Gasteiger partial charge on any atom is 0.178 e. The molecule has 16 heavy (non-hydrogen) atoms. The summed E-state index contributed by atoms with van der Waals surface area (Å²) in [5, 5.41) is 2.84. The number of nitrogens with one attached hydrogen (secondary N) is 2. The van der Waals surface area contributed by atoms with Crippen molar-refractivity contribution < 1.29 is 8.78 Å². The quantitative estimate of drug-likeness (QED) is 0.531. The SMILES string of the molecule is NNc1nc(NCCC2CC2)c(F)cc1F. The maximum absolute atomic E-state index is 13.3. The minimum absolute atomic E-state index is 0.0370. The summed E-state index contributed by atoms with van der Waals surface area (Å²) in [6.45, 7) is 0.643. The molecule has 88 valence electrons. The molecule has 6 heteroatoms. The summed E-state index contributed by atoms with van der Waals surface area (Å²) in [4.78, 5) is 3.71. The number of nitrogen functional groups attached to an aromatic ring is 1. The van der Waals surface area contributed by atoms with Crippen LogP contribution >= 0.6 is 0 Å². The highest BCUT2D eigenvalue weighted by Gasteiger charge is 2.20. The van der Waals surface area contributed by atoms with E-state index < -0.39 is 11.6 Å². The highest BCUT2D eigenvalue weighted by atomic mass is 19.1.